The van der Waals surface area contributed by atoms with Crippen molar-refractivity contribution in [1.29, 1.82) is 0 Å². The van der Waals surface area contributed by atoms with E-state index in [-0.39, 0.29) is 74.9 Å². The average molecular weight is 1050 g/mol. The molecule has 2 amide bonds. The number of methoxy groups -OCH3 is 2. The molecule has 384 valence electrons. The number of likely N-dealkylation sites (tertiary alicyclic amines) is 2. The number of hydrogen-bond acceptors (Lipinski definition) is 12. The molecule has 2 aliphatic heterocycles. The molecule has 2 aromatic carbocycles. The van der Waals surface area contributed by atoms with Gasteiger partial charge in [0.2, 0.25) is 11.2 Å². The van der Waals surface area contributed by atoms with Crippen molar-refractivity contribution in [2.24, 2.45) is 11.8 Å². The molecule has 2 aromatic heterocycles. The monoisotopic (exact) mass is 1050 g/mol. The van der Waals surface area contributed by atoms with Gasteiger partial charge in [0, 0.05) is 88.6 Å². The molecule has 4 heterocycles. The zero-order chi connectivity index (χ0) is 51.1. The minimum Gasteiger partial charge on any atom is -0.461 e. The summed E-state index contributed by atoms with van der Waals surface area (Å²) in [5.74, 6) is 5.01. The van der Waals surface area contributed by atoms with Crippen molar-refractivity contribution >= 4 is 39.7 Å². The van der Waals surface area contributed by atoms with E-state index in [1.165, 1.54) is 34.1 Å². The zero-order valence-electron chi connectivity index (χ0n) is 40.2. The summed E-state index contributed by atoms with van der Waals surface area (Å²) in [6, 6.07) is 15.7. The molecule has 0 radical (unpaired) electrons. The molecule has 2 fully saturated rings. The number of ether oxygens (including phenoxy) is 4. The Balaban J connectivity index is 0.000000409. The van der Waals surface area contributed by atoms with Crippen molar-refractivity contribution in [3.8, 4) is 46.7 Å². The number of carbonyl (C=O) groups excluding carboxylic acids is 4. The van der Waals surface area contributed by atoms with Gasteiger partial charge in [-0.1, -0.05) is 74.5 Å². The molecule has 2 N–H and O–H groups in total. The summed E-state index contributed by atoms with van der Waals surface area (Å²) in [6.45, 7) is 9.95. The Morgan fingerprint density at radius 2 is 1.18 bits per heavy atom. The number of nitrogens with zero attached hydrogens (tertiary/aromatic N) is 4. The number of esters is 2. The van der Waals surface area contributed by atoms with Crippen LogP contribution in [0.3, 0.4) is 0 Å². The molecule has 17 heteroatoms. The van der Waals surface area contributed by atoms with Gasteiger partial charge in [-0.05, 0) is 98.2 Å². The quantitative estimate of drug-likeness (QED) is 0.0921. The number of halogens is 3. The van der Waals surface area contributed by atoms with Gasteiger partial charge >= 0.3 is 11.9 Å². The summed E-state index contributed by atoms with van der Waals surface area (Å²) < 4.78 is 50.3. The molecule has 0 saturated carbocycles. The molecule has 71 heavy (non-hydrogen) atoms. The van der Waals surface area contributed by atoms with E-state index < -0.39 is 40.7 Å². The maximum atomic E-state index is 14.7. The minimum atomic E-state index is -1.75. The number of aliphatic hydroxyl groups is 2. The second-order valence-corrected chi connectivity index (χ2v) is 17.7. The molecule has 2 saturated heterocycles. The SMILES string of the molecule is C.C.C#C[C@]1(O)CCN(C)C1=O.CCOC(=O)c1nc(-c2cc(Br)ccc2F)ccc1CC(C)COC.CCOC(=O)c1nc(-c2cc(C#C[C@]3(O)CCN(C)C3=O)ccc2F)ccc1CC(C)COC. The third kappa shape index (κ3) is 16.2. The van der Waals surface area contributed by atoms with Gasteiger partial charge in [0.25, 0.3) is 11.8 Å². The van der Waals surface area contributed by atoms with Crippen molar-refractivity contribution < 1.29 is 57.1 Å². The van der Waals surface area contributed by atoms with Crippen molar-refractivity contribution in [3.05, 3.63) is 105 Å². The van der Waals surface area contributed by atoms with Gasteiger partial charge in [0.1, 0.15) is 11.6 Å². The number of amides is 2. The lowest BCUT2D eigenvalue weighted by Gasteiger charge is -2.14. The smallest absolute Gasteiger partial charge is 0.357 e. The van der Waals surface area contributed by atoms with Crippen LogP contribution in [0.2, 0.25) is 0 Å². The van der Waals surface area contributed by atoms with Gasteiger partial charge < -0.3 is 39.0 Å². The number of carbonyl (C=O) groups is 4. The molecular formula is C54H67BrF2N4O10. The van der Waals surface area contributed by atoms with Crippen LogP contribution in [0.4, 0.5) is 8.78 Å². The molecule has 6 rings (SSSR count). The first-order chi connectivity index (χ1) is 32.7. The molecule has 2 aliphatic rings. The van der Waals surface area contributed by atoms with Gasteiger partial charge in [-0.25, -0.2) is 28.3 Å². The van der Waals surface area contributed by atoms with Crippen LogP contribution < -0.4 is 0 Å². The fraction of sp³-hybridized carbons (Fsp3) is 0.444. The van der Waals surface area contributed by atoms with E-state index in [0.29, 0.717) is 68.0 Å². The fourth-order valence-electron chi connectivity index (χ4n) is 7.42. The van der Waals surface area contributed by atoms with Crippen LogP contribution in [0.5, 0.6) is 0 Å². The number of benzene rings is 2. The highest BCUT2D eigenvalue weighted by Crippen LogP contribution is 2.29. The van der Waals surface area contributed by atoms with E-state index in [1.54, 1.807) is 78.6 Å². The molecule has 4 aromatic rings. The van der Waals surface area contributed by atoms with Crippen LogP contribution in [0.15, 0.2) is 65.1 Å². The second kappa shape index (κ2) is 28.1. The Morgan fingerprint density at radius 3 is 1.58 bits per heavy atom. The van der Waals surface area contributed by atoms with Gasteiger partial charge in [-0.15, -0.1) is 6.42 Å². The predicted molar refractivity (Wildman–Crippen MR) is 272 cm³/mol. The third-order valence-corrected chi connectivity index (χ3v) is 11.5. The maximum absolute atomic E-state index is 14.7. The van der Waals surface area contributed by atoms with E-state index in [1.807, 2.05) is 13.8 Å². The molecule has 4 atom stereocenters. The number of pyridine rings is 2. The van der Waals surface area contributed by atoms with Crippen LogP contribution in [0.25, 0.3) is 22.5 Å². The first-order valence-corrected chi connectivity index (χ1v) is 23.1. The lowest BCUT2D eigenvalue weighted by Crippen LogP contribution is -2.37. The van der Waals surface area contributed by atoms with Gasteiger partial charge in [0.15, 0.2) is 11.4 Å². The molecule has 0 bridgehead atoms. The summed E-state index contributed by atoms with van der Waals surface area (Å²) in [7, 11) is 6.48. The first kappa shape index (κ1) is 61.0. The van der Waals surface area contributed by atoms with Crippen molar-refractivity contribution in [3.63, 3.8) is 0 Å². The van der Waals surface area contributed by atoms with Gasteiger partial charge in [-0.2, -0.15) is 0 Å². The Hall–Kier alpha value is -6.08. The zero-order valence-corrected chi connectivity index (χ0v) is 41.7. The highest BCUT2D eigenvalue weighted by molar-refractivity contribution is 9.10. The number of hydrogen-bond donors (Lipinski definition) is 2. The van der Waals surface area contributed by atoms with E-state index in [4.69, 9.17) is 25.4 Å². The number of aromatic nitrogens is 2. The van der Waals surface area contributed by atoms with Gasteiger partial charge in [0.05, 0.1) is 24.6 Å². The third-order valence-electron chi connectivity index (χ3n) is 11.1. The van der Waals surface area contributed by atoms with Crippen LogP contribution in [-0.2, 0) is 41.4 Å². The highest BCUT2D eigenvalue weighted by atomic mass is 79.9. The summed E-state index contributed by atoms with van der Waals surface area (Å²) >= 11 is 3.33. The van der Waals surface area contributed by atoms with Crippen molar-refractivity contribution in [1.82, 2.24) is 19.8 Å². The maximum Gasteiger partial charge on any atom is 0.357 e. The summed E-state index contributed by atoms with van der Waals surface area (Å²) in [5.41, 5.74) is 0.0721. The van der Waals surface area contributed by atoms with Crippen molar-refractivity contribution in [2.45, 2.75) is 79.4 Å². The highest BCUT2D eigenvalue weighted by Gasteiger charge is 2.43. The Labute approximate surface area is 425 Å². The molecule has 2 unspecified atom stereocenters. The molecule has 0 aliphatic carbocycles. The number of likely N-dealkylation sites (N-methyl/N-ethyl adjacent to an activating group) is 2. The number of terminal acetylenes is 1. The average Bonchev–Trinajstić information content (AvgIpc) is 3.74. The standard InChI is InChI=1S/C26H29FN2O5.C19H21BrFNO3.C7H9NO2.2CH4/c1-5-34-24(30)23-19(14-17(2)16-33-4)7-9-22(28-23)20-15-18(6-8-21(20)27)10-11-26(32)12-13-29(3)25(26)31;1-4-25-19(23)18-13(9-12(2)11-24-3)5-8-17(22-18)15-10-14(20)6-7-16(15)21;1-3-7(10)4-5-8(2)6(7)9;;/h6-9,15,17,32H,5,12-14,16H2,1-4H3;5-8,10,12H,4,9,11H2,1-3H3;1,10H,4-5H2,2H3;2*1H4/t17?,26-;;7-;;/m0.0../s1. The Bertz CT molecular complexity index is 2600. The summed E-state index contributed by atoms with van der Waals surface area (Å²) in [5, 5.41) is 19.8. The molecule has 14 nitrogen and oxygen atoms in total. The largest absolute Gasteiger partial charge is 0.461 e. The fourth-order valence-corrected chi connectivity index (χ4v) is 7.78. The van der Waals surface area contributed by atoms with Gasteiger partial charge in [-0.3, -0.25) is 9.59 Å². The van der Waals surface area contributed by atoms with Crippen LogP contribution in [0.1, 0.15) is 93.1 Å². The predicted octanol–water partition coefficient (Wildman–Crippen LogP) is 7.97. The lowest BCUT2D eigenvalue weighted by atomic mass is 9.98. The Kier molecular flexibility index (Phi) is 24.1. The minimum absolute atomic E-state index is 0. The normalized spacial score (nSPS) is 17.6. The Morgan fingerprint density at radius 1 is 0.746 bits per heavy atom. The van der Waals surface area contributed by atoms with E-state index in [2.05, 4.69) is 43.7 Å². The van der Waals surface area contributed by atoms with Crippen LogP contribution >= 0.6 is 15.9 Å². The van der Waals surface area contributed by atoms with E-state index >= 15 is 0 Å². The van der Waals surface area contributed by atoms with Crippen LogP contribution in [-0.4, -0.2) is 133 Å². The molecular weight excluding hydrogens is 983 g/mol. The lowest BCUT2D eigenvalue weighted by molar-refractivity contribution is -0.138. The van der Waals surface area contributed by atoms with E-state index in [9.17, 15) is 38.2 Å². The topological polar surface area (TPSA) is 178 Å². The summed E-state index contributed by atoms with van der Waals surface area (Å²) in [4.78, 5) is 59.7. The van der Waals surface area contributed by atoms with E-state index in [0.717, 1.165) is 10.0 Å². The molecule has 0 spiro atoms. The summed E-state index contributed by atoms with van der Waals surface area (Å²) in [6.07, 6.45) is 6.69. The van der Waals surface area contributed by atoms with Crippen LogP contribution in [0, 0.1) is 47.7 Å². The van der Waals surface area contributed by atoms with Crippen molar-refractivity contribution in [2.75, 3.05) is 67.8 Å². The number of rotatable bonds is 14. The second-order valence-electron chi connectivity index (χ2n) is 16.8. The first-order valence-electron chi connectivity index (χ1n) is 22.3.